The molecule has 3 rings (SSSR count). The summed E-state index contributed by atoms with van der Waals surface area (Å²) >= 11 is 3.30. The average molecular weight is 444 g/mol. The van der Waals surface area contributed by atoms with E-state index >= 15 is 0 Å². The molecule has 142 valence electrons. The first-order valence-electron chi connectivity index (χ1n) is 8.00. The first kappa shape index (κ1) is 19.3. The van der Waals surface area contributed by atoms with Crippen LogP contribution >= 0.6 is 15.9 Å². The van der Waals surface area contributed by atoms with Gasteiger partial charge in [0, 0.05) is 4.47 Å². The smallest absolute Gasteiger partial charge is 0.284 e. The number of carbonyl (C=O) groups excluding carboxylic acids is 1. The van der Waals surface area contributed by atoms with Gasteiger partial charge in [0.25, 0.3) is 11.6 Å². The number of nitrogens with one attached hydrogen (secondary N) is 1. The number of nitro benzene ring substituents is 1. The van der Waals surface area contributed by atoms with Crippen molar-refractivity contribution in [1.82, 2.24) is 5.43 Å². The number of methoxy groups -OCH3 is 1. The molecule has 1 N–H and O–H groups in total. The van der Waals surface area contributed by atoms with Gasteiger partial charge >= 0.3 is 0 Å². The van der Waals surface area contributed by atoms with Crippen molar-refractivity contribution in [1.29, 1.82) is 0 Å². The molecule has 0 aliphatic carbocycles. The maximum absolute atomic E-state index is 12.1. The topological polar surface area (TPSA) is 107 Å². The second kappa shape index (κ2) is 8.49. The average Bonchev–Trinajstić information content (AvgIpc) is 3.16. The Morgan fingerprint density at radius 1 is 1.25 bits per heavy atom. The van der Waals surface area contributed by atoms with Gasteiger partial charge in [-0.15, -0.1) is 0 Å². The number of rotatable bonds is 6. The highest BCUT2D eigenvalue weighted by Gasteiger charge is 2.19. The van der Waals surface area contributed by atoms with E-state index in [0.717, 1.165) is 0 Å². The van der Waals surface area contributed by atoms with E-state index in [1.807, 2.05) is 0 Å². The summed E-state index contributed by atoms with van der Waals surface area (Å²) in [6.07, 6.45) is 1.31. The summed E-state index contributed by atoms with van der Waals surface area (Å²) in [5, 5.41) is 15.2. The van der Waals surface area contributed by atoms with Crippen molar-refractivity contribution < 1.29 is 18.9 Å². The minimum Gasteiger partial charge on any atom is -0.497 e. The summed E-state index contributed by atoms with van der Waals surface area (Å²) in [6.45, 7) is 0. The first-order valence-corrected chi connectivity index (χ1v) is 8.79. The van der Waals surface area contributed by atoms with Crippen LogP contribution in [0, 0.1) is 10.1 Å². The Labute approximate surface area is 168 Å². The van der Waals surface area contributed by atoms with E-state index in [4.69, 9.17) is 9.15 Å². The third-order valence-electron chi connectivity index (χ3n) is 3.77. The predicted octanol–water partition coefficient (Wildman–Crippen LogP) is 4.39. The van der Waals surface area contributed by atoms with Crippen LogP contribution in [-0.4, -0.2) is 24.2 Å². The molecule has 0 saturated heterocycles. The number of halogens is 1. The molecule has 0 aliphatic heterocycles. The Kier molecular flexibility index (Phi) is 5.85. The van der Waals surface area contributed by atoms with Crippen molar-refractivity contribution in [2.75, 3.05) is 7.11 Å². The van der Waals surface area contributed by atoms with Gasteiger partial charge in [-0.25, -0.2) is 5.43 Å². The minimum absolute atomic E-state index is 0.139. The molecule has 1 aromatic heterocycles. The van der Waals surface area contributed by atoms with Gasteiger partial charge in [0.1, 0.15) is 17.3 Å². The monoisotopic (exact) mass is 443 g/mol. The molecule has 0 spiro atoms. The second-order valence-corrected chi connectivity index (χ2v) is 6.38. The molecule has 0 radical (unpaired) electrons. The van der Waals surface area contributed by atoms with E-state index in [1.54, 1.807) is 48.5 Å². The number of benzene rings is 2. The lowest BCUT2D eigenvalue weighted by molar-refractivity contribution is -0.384. The summed E-state index contributed by atoms with van der Waals surface area (Å²) in [4.78, 5) is 22.9. The molecule has 0 saturated carbocycles. The number of amides is 1. The SMILES string of the molecule is COc1ccc(-c2ccc(/C=N/NC(=O)c3ccccc3Br)o2)c([N+](=O)[O-])c1. The number of nitrogens with zero attached hydrogens (tertiary/aromatic N) is 2. The molecule has 28 heavy (non-hydrogen) atoms. The Hall–Kier alpha value is -3.46. The van der Waals surface area contributed by atoms with Crippen LogP contribution in [0.25, 0.3) is 11.3 Å². The van der Waals surface area contributed by atoms with Crippen molar-refractivity contribution in [2.24, 2.45) is 5.10 Å². The van der Waals surface area contributed by atoms with Gasteiger partial charge in [-0.2, -0.15) is 5.10 Å². The van der Waals surface area contributed by atoms with Crippen LogP contribution in [0.2, 0.25) is 0 Å². The molecule has 0 atom stereocenters. The highest BCUT2D eigenvalue weighted by molar-refractivity contribution is 9.10. The number of hydrogen-bond donors (Lipinski definition) is 1. The highest BCUT2D eigenvalue weighted by Crippen LogP contribution is 2.33. The zero-order valence-corrected chi connectivity index (χ0v) is 16.2. The predicted molar refractivity (Wildman–Crippen MR) is 107 cm³/mol. The van der Waals surface area contributed by atoms with Gasteiger partial charge in [-0.05, 0) is 52.3 Å². The lowest BCUT2D eigenvalue weighted by Crippen LogP contribution is -2.17. The van der Waals surface area contributed by atoms with Crippen molar-refractivity contribution in [3.63, 3.8) is 0 Å². The number of hydrazone groups is 1. The molecule has 0 fully saturated rings. The molecular formula is C19H14BrN3O5. The van der Waals surface area contributed by atoms with E-state index < -0.39 is 4.92 Å². The fourth-order valence-electron chi connectivity index (χ4n) is 2.42. The number of hydrogen-bond acceptors (Lipinski definition) is 6. The van der Waals surface area contributed by atoms with Gasteiger partial charge < -0.3 is 9.15 Å². The largest absolute Gasteiger partial charge is 0.497 e. The van der Waals surface area contributed by atoms with Gasteiger partial charge in [0.2, 0.25) is 0 Å². The van der Waals surface area contributed by atoms with Crippen LogP contribution in [0.3, 0.4) is 0 Å². The van der Waals surface area contributed by atoms with Crippen LogP contribution in [0.5, 0.6) is 5.75 Å². The summed E-state index contributed by atoms with van der Waals surface area (Å²) in [5.41, 5.74) is 3.00. The Balaban J connectivity index is 1.76. The zero-order valence-electron chi connectivity index (χ0n) is 14.6. The van der Waals surface area contributed by atoms with Crippen LogP contribution < -0.4 is 10.2 Å². The van der Waals surface area contributed by atoms with Crippen molar-refractivity contribution in [3.05, 3.63) is 80.5 Å². The van der Waals surface area contributed by atoms with Gasteiger partial charge in [0.05, 0.1) is 35.4 Å². The van der Waals surface area contributed by atoms with Crippen LogP contribution in [-0.2, 0) is 0 Å². The van der Waals surface area contributed by atoms with E-state index in [9.17, 15) is 14.9 Å². The molecule has 0 bridgehead atoms. The van der Waals surface area contributed by atoms with Gasteiger partial charge in [-0.3, -0.25) is 14.9 Å². The number of carbonyl (C=O) groups is 1. The van der Waals surface area contributed by atoms with E-state index in [0.29, 0.717) is 32.9 Å². The van der Waals surface area contributed by atoms with E-state index in [-0.39, 0.29) is 11.6 Å². The van der Waals surface area contributed by atoms with Crippen LogP contribution in [0.1, 0.15) is 16.1 Å². The fourth-order valence-corrected chi connectivity index (χ4v) is 2.89. The summed E-state index contributed by atoms with van der Waals surface area (Å²) in [5.74, 6) is 0.611. The summed E-state index contributed by atoms with van der Waals surface area (Å²) < 4.78 is 11.3. The minimum atomic E-state index is -0.508. The van der Waals surface area contributed by atoms with Gasteiger partial charge in [-0.1, -0.05) is 12.1 Å². The fraction of sp³-hybridized carbons (Fsp3) is 0.0526. The Morgan fingerprint density at radius 2 is 2.04 bits per heavy atom. The molecule has 3 aromatic rings. The summed E-state index contributed by atoms with van der Waals surface area (Å²) in [6, 6.07) is 14.6. The maximum atomic E-state index is 12.1. The molecule has 1 heterocycles. The van der Waals surface area contributed by atoms with Crippen LogP contribution in [0.4, 0.5) is 5.69 Å². The lowest BCUT2D eigenvalue weighted by atomic mass is 10.1. The molecule has 0 unspecified atom stereocenters. The molecule has 8 nitrogen and oxygen atoms in total. The van der Waals surface area contributed by atoms with Crippen molar-refractivity contribution >= 4 is 33.7 Å². The molecule has 9 heteroatoms. The van der Waals surface area contributed by atoms with Gasteiger partial charge in [0.15, 0.2) is 0 Å². The molecule has 0 aliphatic rings. The highest BCUT2D eigenvalue weighted by atomic mass is 79.9. The number of ether oxygens (including phenoxy) is 1. The quantitative estimate of drug-likeness (QED) is 0.345. The van der Waals surface area contributed by atoms with Crippen molar-refractivity contribution in [3.8, 4) is 17.1 Å². The standard InChI is InChI=1S/C19H14BrN3O5/c1-27-12-6-8-15(17(10-12)23(25)26)18-9-7-13(28-18)11-21-22-19(24)14-4-2-3-5-16(14)20/h2-11H,1H3,(H,22,24)/b21-11+. The Morgan fingerprint density at radius 3 is 2.75 bits per heavy atom. The second-order valence-electron chi connectivity index (χ2n) is 5.52. The first-order chi connectivity index (χ1) is 13.5. The third kappa shape index (κ3) is 4.26. The van der Waals surface area contributed by atoms with E-state index in [2.05, 4.69) is 26.5 Å². The molecule has 1 amide bonds. The molecule has 2 aromatic carbocycles. The molecular weight excluding hydrogens is 430 g/mol. The normalized spacial score (nSPS) is 10.8. The zero-order chi connectivity index (χ0) is 20.1. The lowest BCUT2D eigenvalue weighted by Gasteiger charge is -2.03. The number of furan rings is 1. The third-order valence-corrected chi connectivity index (χ3v) is 4.46. The Bertz CT molecular complexity index is 1060. The van der Waals surface area contributed by atoms with Crippen LogP contribution in [0.15, 0.2) is 68.6 Å². The summed E-state index contributed by atoms with van der Waals surface area (Å²) in [7, 11) is 1.43. The maximum Gasteiger partial charge on any atom is 0.284 e. The number of nitro groups is 1. The van der Waals surface area contributed by atoms with E-state index in [1.165, 1.54) is 19.4 Å². The van der Waals surface area contributed by atoms with Crippen molar-refractivity contribution in [2.45, 2.75) is 0 Å².